The number of rotatable bonds is 2. The zero-order valence-electron chi connectivity index (χ0n) is 12.2. The van der Waals surface area contributed by atoms with Gasteiger partial charge in [-0.3, -0.25) is 4.79 Å². The van der Waals surface area contributed by atoms with Crippen molar-refractivity contribution >= 4 is 34.0 Å². The number of phenolic OH excluding ortho intramolecular Hbond substituents is 1. The van der Waals surface area contributed by atoms with Crippen molar-refractivity contribution in [3.8, 4) is 5.75 Å². The topological polar surface area (TPSA) is 49.3 Å². The second-order valence-corrected chi connectivity index (χ2v) is 5.63. The zero-order chi connectivity index (χ0) is 16.6. The fourth-order valence-corrected chi connectivity index (χ4v) is 2.61. The number of hydrogen-bond donors (Lipinski definition) is 2. The monoisotopic (exact) mass is 329 g/mol. The van der Waals surface area contributed by atoms with Crippen LogP contribution in [0.2, 0.25) is 5.02 Å². The van der Waals surface area contributed by atoms with Gasteiger partial charge in [-0.05, 0) is 59.7 Å². The van der Waals surface area contributed by atoms with Gasteiger partial charge in [0, 0.05) is 5.56 Å². The van der Waals surface area contributed by atoms with E-state index in [1.54, 1.807) is 30.3 Å². The number of carbonyl (C=O) groups excluding carboxylic acids is 1. The van der Waals surface area contributed by atoms with Crippen molar-refractivity contribution in [2.24, 2.45) is 0 Å². The number of fused-ring (bicyclic) bond motifs is 1. The normalized spacial score (nSPS) is 10.7. The van der Waals surface area contributed by atoms with E-state index in [1.165, 1.54) is 12.1 Å². The molecule has 3 nitrogen and oxygen atoms in total. The molecule has 0 aliphatic heterocycles. The van der Waals surface area contributed by atoms with Gasteiger partial charge >= 0.3 is 0 Å². The van der Waals surface area contributed by atoms with Crippen molar-refractivity contribution in [1.29, 1.82) is 0 Å². The molecule has 23 heavy (non-hydrogen) atoms. The Balaban J connectivity index is 1.93. The molecule has 0 heterocycles. The average molecular weight is 330 g/mol. The lowest BCUT2D eigenvalue weighted by Gasteiger charge is -2.09. The standard InChI is InChI=1S/C18H13ClFNO2/c1-10-14-5-2-12(8-11(14)3-7-17(10)22)18(23)21-16-6-4-13(20)9-15(16)19/h2-9,22H,1H3,(H,21,23). The number of halogens is 2. The van der Waals surface area contributed by atoms with E-state index in [2.05, 4.69) is 5.32 Å². The van der Waals surface area contributed by atoms with Gasteiger partial charge in [0.2, 0.25) is 0 Å². The summed E-state index contributed by atoms with van der Waals surface area (Å²) in [4.78, 5) is 12.3. The Kier molecular flexibility index (Phi) is 3.92. The molecule has 0 atom stereocenters. The molecule has 0 unspecified atom stereocenters. The highest BCUT2D eigenvalue weighted by molar-refractivity contribution is 6.34. The van der Waals surface area contributed by atoms with Gasteiger partial charge < -0.3 is 10.4 Å². The summed E-state index contributed by atoms with van der Waals surface area (Å²) in [5.74, 6) is -0.590. The molecule has 0 aliphatic carbocycles. The van der Waals surface area contributed by atoms with Crippen molar-refractivity contribution in [2.45, 2.75) is 6.92 Å². The number of phenols is 1. The van der Waals surface area contributed by atoms with Gasteiger partial charge in [-0.2, -0.15) is 0 Å². The number of nitrogens with one attached hydrogen (secondary N) is 1. The molecular formula is C18H13ClFNO2. The smallest absolute Gasteiger partial charge is 0.255 e. The molecule has 3 aromatic carbocycles. The van der Waals surface area contributed by atoms with Crippen LogP contribution >= 0.6 is 11.6 Å². The van der Waals surface area contributed by atoms with E-state index < -0.39 is 5.82 Å². The summed E-state index contributed by atoms with van der Waals surface area (Å²) in [5.41, 5.74) is 1.55. The SMILES string of the molecule is Cc1c(O)ccc2cc(C(=O)Nc3ccc(F)cc3Cl)ccc12. The van der Waals surface area contributed by atoms with E-state index >= 15 is 0 Å². The zero-order valence-corrected chi connectivity index (χ0v) is 13.0. The van der Waals surface area contributed by atoms with Gasteiger partial charge in [-0.25, -0.2) is 4.39 Å². The molecule has 0 aliphatic rings. The first-order valence-electron chi connectivity index (χ1n) is 6.94. The van der Waals surface area contributed by atoms with Crippen molar-refractivity contribution in [2.75, 3.05) is 5.32 Å². The number of benzene rings is 3. The highest BCUT2D eigenvalue weighted by Crippen LogP contribution is 2.28. The summed E-state index contributed by atoms with van der Waals surface area (Å²) in [6.45, 7) is 1.82. The Bertz CT molecular complexity index is 924. The molecule has 0 spiro atoms. The van der Waals surface area contributed by atoms with Gasteiger partial charge in [0.15, 0.2) is 0 Å². The fourth-order valence-electron chi connectivity index (χ4n) is 2.40. The van der Waals surface area contributed by atoms with Gasteiger partial charge in [-0.15, -0.1) is 0 Å². The maximum Gasteiger partial charge on any atom is 0.255 e. The fraction of sp³-hybridized carbons (Fsp3) is 0.0556. The molecule has 0 radical (unpaired) electrons. The first-order chi connectivity index (χ1) is 11.0. The molecular weight excluding hydrogens is 317 g/mol. The van der Waals surface area contributed by atoms with Crippen molar-refractivity contribution in [1.82, 2.24) is 0 Å². The maximum absolute atomic E-state index is 13.0. The summed E-state index contributed by atoms with van der Waals surface area (Å²) in [7, 11) is 0. The van der Waals surface area contributed by atoms with Gasteiger partial charge in [0.1, 0.15) is 11.6 Å². The molecule has 0 bridgehead atoms. The number of anilines is 1. The van der Waals surface area contributed by atoms with Crippen LogP contribution in [0.15, 0.2) is 48.5 Å². The van der Waals surface area contributed by atoms with Crippen molar-refractivity contribution in [3.63, 3.8) is 0 Å². The third-order valence-corrected chi connectivity index (χ3v) is 4.01. The first kappa shape index (κ1) is 15.3. The van der Waals surface area contributed by atoms with E-state index in [4.69, 9.17) is 11.6 Å². The Hall–Kier alpha value is -2.59. The Morgan fingerprint density at radius 2 is 1.91 bits per heavy atom. The number of carbonyl (C=O) groups is 1. The Morgan fingerprint density at radius 3 is 2.65 bits per heavy atom. The Labute approximate surface area is 137 Å². The molecule has 0 aromatic heterocycles. The van der Waals surface area contributed by atoms with Crippen LogP contribution in [0.5, 0.6) is 5.75 Å². The van der Waals surface area contributed by atoms with Crippen LogP contribution in [0.1, 0.15) is 15.9 Å². The number of amides is 1. The van der Waals surface area contributed by atoms with Crippen LogP contribution in [0, 0.1) is 12.7 Å². The van der Waals surface area contributed by atoms with Crippen LogP contribution in [0.4, 0.5) is 10.1 Å². The van der Waals surface area contributed by atoms with Crippen molar-refractivity contribution in [3.05, 3.63) is 70.5 Å². The second-order valence-electron chi connectivity index (χ2n) is 5.22. The largest absolute Gasteiger partial charge is 0.508 e. The van der Waals surface area contributed by atoms with Crippen molar-refractivity contribution < 1.29 is 14.3 Å². The third kappa shape index (κ3) is 2.98. The van der Waals surface area contributed by atoms with Crippen LogP contribution in [-0.4, -0.2) is 11.0 Å². The minimum atomic E-state index is -0.464. The van der Waals surface area contributed by atoms with Crippen LogP contribution < -0.4 is 5.32 Å². The maximum atomic E-state index is 13.0. The number of aryl methyl sites for hydroxylation is 1. The molecule has 5 heteroatoms. The molecule has 0 fully saturated rings. The van der Waals surface area contributed by atoms with E-state index in [0.29, 0.717) is 11.3 Å². The average Bonchev–Trinajstić information content (AvgIpc) is 2.53. The number of aromatic hydroxyl groups is 1. The molecule has 0 saturated carbocycles. The Morgan fingerprint density at radius 1 is 1.13 bits per heavy atom. The van der Waals surface area contributed by atoms with Gasteiger partial charge in [0.05, 0.1) is 10.7 Å². The van der Waals surface area contributed by atoms with E-state index in [1.807, 2.05) is 6.92 Å². The van der Waals surface area contributed by atoms with E-state index in [-0.39, 0.29) is 16.7 Å². The molecule has 1 amide bonds. The van der Waals surface area contributed by atoms with Crippen LogP contribution in [0.3, 0.4) is 0 Å². The summed E-state index contributed by atoms with van der Waals surface area (Å²) in [6, 6.07) is 12.3. The van der Waals surface area contributed by atoms with E-state index in [0.717, 1.165) is 22.4 Å². The number of hydrogen-bond acceptors (Lipinski definition) is 2. The predicted octanol–water partition coefficient (Wildman–Crippen LogP) is 4.90. The lowest BCUT2D eigenvalue weighted by Crippen LogP contribution is -2.12. The highest BCUT2D eigenvalue weighted by Gasteiger charge is 2.11. The summed E-state index contributed by atoms with van der Waals surface area (Å²) < 4.78 is 13.0. The van der Waals surface area contributed by atoms with E-state index in [9.17, 15) is 14.3 Å². The summed E-state index contributed by atoms with van der Waals surface area (Å²) in [6.07, 6.45) is 0. The molecule has 2 N–H and O–H groups in total. The lowest BCUT2D eigenvalue weighted by atomic mass is 10.0. The lowest BCUT2D eigenvalue weighted by molar-refractivity contribution is 0.102. The molecule has 116 valence electrons. The minimum Gasteiger partial charge on any atom is -0.508 e. The van der Waals surface area contributed by atoms with Gasteiger partial charge in [0.25, 0.3) is 5.91 Å². The predicted molar refractivity (Wildman–Crippen MR) is 89.7 cm³/mol. The van der Waals surface area contributed by atoms with Gasteiger partial charge in [-0.1, -0.05) is 23.7 Å². The molecule has 0 saturated heterocycles. The first-order valence-corrected chi connectivity index (χ1v) is 7.32. The third-order valence-electron chi connectivity index (χ3n) is 3.70. The molecule has 3 rings (SSSR count). The summed E-state index contributed by atoms with van der Waals surface area (Å²) >= 11 is 5.91. The highest BCUT2D eigenvalue weighted by atomic mass is 35.5. The van der Waals surface area contributed by atoms with Crippen LogP contribution in [-0.2, 0) is 0 Å². The summed E-state index contributed by atoms with van der Waals surface area (Å²) in [5, 5.41) is 14.2. The second kappa shape index (κ2) is 5.89. The van der Waals surface area contributed by atoms with Crippen LogP contribution in [0.25, 0.3) is 10.8 Å². The minimum absolute atomic E-state index is 0.139. The molecule has 3 aromatic rings. The quantitative estimate of drug-likeness (QED) is 0.702.